The molecule has 0 saturated carbocycles. The van der Waals surface area contributed by atoms with Crippen LogP contribution in [0.25, 0.3) is 0 Å². The summed E-state index contributed by atoms with van der Waals surface area (Å²) in [4.78, 5) is 6.10. The number of fused-ring (bicyclic) bond motifs is 1. The van der Waals surface area contributed by atoms with Crippen LogP contribution in [0.5, 0.6) is 0 Å². The zero-order valence-corrected chi connectivity index (χ0v) is 11.2. The molecule has 96 valence electrons. The van der Waals surface area contributed by atoms with E-state index in [2.05, 4.69) is 28.1 Å². The van der Waals surface area contributed by atoms with Crippen LogP contribution in [0, 0.1) is 0 Å². The van der Waals surface area contributed by atoms with Gasteiger partial charge in [0.05, 0.1) is 5.70 Å². The van der Waals surface area contributed by atoms with Crippen molar-refractivity contribution >= 4 is 11.9 Å². The molecule has 0 spiro atoms. The lowest BCUT2D eigenvalue weighted by Crippen LogP contribution is -2.19. The molecule has 18 heavy (non-hydrogen) atoms. The lowest BCUT2D eigenvalue weighted by Gasteiger charge is -2.23. The summed E-state index contributed by atoms with van der Waals surface area (Å²) in [5.41, 5.74) is 10.7. The lowest BCUT2D eigenvalue weighted by atomic mass is 9.91. The summed E-state index contributed by atoms with van der Waals surface area (Å²) in [7, 11) is 3.77. The first kappa shape index (κ1) is 12.7. The standard InChI is InChI=1S/C15H21N3/c1-17-11-15(10-16)18(2)14-8-7-12-5-3-4-6-13(12)9-14/h7-11H,3-6,16H2,1-2H3. The van der Waals surface area contributed by atoms with E-state index < -0.39 is 0 Å². The second-order valence-electron chi connectivity index (χ2n) is 4.70. The Morgan fingerprint density at radius 3 is 2.67 bits per heavy atom. The summed E-state index contributed by atoms with van der Waals surface area (Å²) in [6.07, 6.45) is 8.40. The van der Waals surface area contributed by atoms with Gasteiger partial charge >= 0.3 is 0 Å². The average molecular weight is 243 g/mol. The molecule has 0 aromatic heterocycles. The molecular formula is C15H21N3. The van der Waals surface area contributed by atoms with Crippen LogP contribution in [0.1, 0.15) is 24.0 Å². The van der Waals surface area contributed by atoms with Gasteiger partial charge in [0.25, 0.3) is 0 Å². The van der Waals surface area contributed by atoms with E-state index >= 15 is 0 Å². The molecule has 1 aliphatic rings. The highest BCUT2D eigenvalue weighted by Gasteiger charge is 2.12. The predicted molar refractivity (Wildman–Crippen MR) is 78.2 cm³/mol. The Kier molecular flexibility index (Phi) is 4.03. The van der Waals surface area contributed by atoms with Gasteiger partial charge in [0.2, 0.25) is 0 Å². The van der Waals surface area contributed by atoms with E-state index in [9.17, 15) is 0 Å². The fraction of sp³-hybridized carbons (Fsp3) is 0.400. The third-order valence-corrected chi connectivity index (χ3v) is 3.54. The minimum absolute atomic E-state index is 0.910. The highest BCUT2D eigenvalue weighted by atomic mass is 15.1. The first-order valence-electron chi connectivity index (χ1n) is 6.46. The third kappa shape index (κ3) is 2.55. The molecule has 0 aliphatic heterocycles. The van der Waals surface area contributed by atoms with Crippen LogP contribution in [0.3, 0.4) is 0 Å². The van der Waals surface area contributed by atoms with Crippen molar-refractivity contribution in [3.8, 4) is 0 Å². The summed E-state index contributed by atoms with van der Waals surface area (Å²) in [5, 5.41) is 0. The zero-order valence-electron chi connectivity index (χ0n) is 11.2. The molecule has 0 bridgehead atoms. The molecule has 0 radical (unpaired) electrons. The lowest BCUT2D eigenvalue weighted by molar-refractivity contribution is 0.685. The quantitative estimate of drug-likeness (QED) is 0.829. The van der Waals surface area contributed by atoms with Crippen molar-refractivity contribution in [3.63, 3.8) is 0 Å². The SMILES string of the molecule is CN=CC(=CN)N(C)c1ccc2c(c1)CCCC2. The number of hydrogen-bond acceptors (Lipinski definition) is 3. The van der Waals surface area contributed by atoms with Crippen LogP contribution in [-0.2, 0) is 12.8 Å². The van der Waals surface area contributed by atoms with E-state index in [1.54, 1.807) is 19.5 Å². The molecule has 0 fully saturated rings. The largest absolute Gasteiger partial charge is 0.403 e. The predicted octanol–water partition coefficient (Wildman–Crippen LogP) is 2.50. The minimum Gasteiger partial charge on any atom is -0.403 e. The normalized spacial score (nSPS) is 15.8. The molecule has 3 heteroatoms. The summed E-state index contributed by atoms with van der Waals surface area (Å²) in [6.45, 7) is 0. The fourth-order valence-corrected chi connectivity index (χ4v) is 2.45. The zero-order chi connectivity index (χ0) is 13.0. The molecule has 2 N–H and O–H groups in total. The van der Waals surface area contributed by atoms with Gasteiger partial charge in [-0.3, -0.25) is 4.99 Å². The first-order chi connectivity index (χ1) is 8.76. The Hall–Kier alpha value is -1.77. The second kappa shape index (κ2) is 5.71. The van der Waals surface area contributed by atoms with Gasteiger partial charge in [-0.05, 0) is 48.9 Å². The Bertz CT molecular complexity index is 475. The highest BCUT2D eigenvalue weighted by Crippen LogP contribution is 2.26. The molecule has 3 nitrogen and oxygen atoms in total. The molecule has 0 amide bonds. The van der Waals surface area contributed by atoms with E-state index in [-0.39, 0.29) is 0 Å². The van der Waals surface area contributed by atoms with Gasteiger partial charge < -0.3 is 10.6 Å². The Balaban J connectivity index is 2.28. The van der Waals surface area contributed by atoms with Crippen molar-refractivity contribution in [2.75, 3.05) is 19.0 Å². The van der Waals surface area contributed by atoms with E-state index in [0.29, 0.717) is 0 Å². The van der Waals surface area contributed by atoms with Gasteiger partial charge in [-0.1, -0.05) is 6.07 Å². The van der Waals surface area contributed by atoms with Crippen LogP contribution in [-0.4, -0.2) is 20.3 Å². The topological polar surface area (TPSA) is 41.6 Å². The van der Waals surface area contributed by atoms with Crippen LogP contribution in [0.15, 0.2) is 35.1 Å². The van der Waals surface area contributed by atoms with Crippen LogP contribution >= 0.6 is 0 Å². The van der Waals surface area contributed by atoms with Crippen molar-refractivity contribution in [2.45, 2.75) is 25.7 Å². The second-order valence-corrected chi connectivity index (χ2v) is 4.70. The van der Waals surface area contributed by atoms with Gasteiger partial charge in [-0.15, -0.1) is 0 Å². The molecule has 0 heterocycles. The number of benzene rings is 1. The van der Waals surface area contributed by atoms with Crippen molar-refractivity contribution in [2.24, 2.45) is 10.7 Å². The number of allylic oxidation sites excluding steroid dienone is 1. The number of nitrogens with zero attached hydrogens (tertiary/aromatic N) is 2. The molecule has 1 aromatic rings. The number of aryl methyl sites for hydroxylation is 2. The van der Waals surface area contributed by atoms with Gasteiger partial charge in [0.15, 0.2) is 0 Å². The summed E-state index contributed by atoms with van der Waals surface area (Å²) < 4.78 is 0. The van der Waals surface area contributed by atoms with E-state index in [0.717, 1.165) is 5.70 Å². The molecule has 0 unspecified atom stereocenters. The average Bonchev–Trinajstić information content (AvgIpc) is 2.43. The monoisotopic (exact) mass is 243 g/mol. The summed E-state index contributed by atoms with van der Waals surface area (Å²) >= 11 is 0. The highest BCUT2D eigenvalue weighted by molar-refractivity contribution is 5.84. The van der Waals surface area contributed by atoms with Crippen molar-refractivity contribution in [1.82, 2.24) is 0 Å². The third-order valence-electron chi connectivity index (χ3n) is 3.54. The fourth-order valence-electron chi connectivity index (χ4n) is 2.45. The maximum absolute atomic E-state index is 5.64. The number of nitrogens with two attached hydrogens (primary N) is 1. The smallest absolute Gasteiger partial charge is 0.0746 e. The molecule has 0 saturated heterocycles. The number of rotatable bonds is 3. The number of aliphatic imine (C=N–C) groups is 1. The van der Waals surface area contributed by atoms with Crippen LogP contribution < -0.4 is 10.6 Å². The first-order valence-corrected chi connectivity index (χ1v) is 6.46. The molecule has 1 aliphatic carbocycles. The van der Waals surface area contributed by atoms with Crippen molar-refractivity contribution < 1.29 is 0 Å². The van der Waals surface area contributed by atoms with E-state index in [1.165, 1.54) is 42.5 Å². The summed E-state index contributed by atoms with van der Waals surface area (Å²) in [5.74, 6) is 0. The van der Waals surface area contributed by atoms with Gasteiger partial charge in [-0.2, -0.15) is 0 Å². The Labute approximate surface area is 109 Å². The van der Waals surface area contributed by atoms with Crippen LogP contribution in [0.2, 0.25) is 0 Å². The van der Waals surface area contributed by atoms with Crippen LogP contribution in [0.4, 0.5) is 5.69 Å². The molecule has 0 atom stereocenters. The molecular weight excluding hydrogens is 222 g/mol. The molecule has 1 aromatic carbocycles. The number of hydrogen-bond donors (Lipinski definition) is 1. The van der Waals surface area contributed by atoms with Crippen molar-refractivity contribution in [3.05, 3.63) is 41.2 Å². The maximum atomic E-state index is 5.64. The van der Waals surface area contributed by atoms with Gasteiger partial charge in [0, 0.05) is 32.2 Å². The van der Waals surface area contributed by atoms with E-state index in [4.69, 9.17) is 5.73 Å². The Morgan fingerprint density at radius 1 is 1.28 bits per heavy atom. The van der Waals surface area contributed by atoms with Gasteiger partial charge in [-0.25, -0.2) is 0 Å². The number of anilines is 1. The Morgan fingerprint density at radius 2 is 2.00 bits per heavy atom. The van der Waals surface area contributed by atoms with Crippen molar-refractivity contribution in [1.29, 1.82) is 0 Å². The van der Waals surface area contributed by atoms with E-state index in [1.807, 2.05) is 7.05 Å². The summed E-state index contributed by atoms with van der Waals surface area (Å²) in [6, 6.07) is 6.69. The van der Waals surface area contributed by atoms with Gasteiger partial charge in [0.1, 0.15) is 0 Å². The maximum Gasteiger partial charge on any atom is 0.0746 e. The molecule has 2 rings (SSSR count). The minimum atomic E-state index is 0.910.